The van der Waals surface area contributed by atoms with Gasteiger partial charge in [0.15, 0.2) is 5.69 Å². The minimum atomic E-state index is -0.587. The molecule has 134 valence electrons. The first-order valence-electron chi connectivity index (χ1n) is 7.72. The number of imidazole rings is 1. The van der Waals surface area contributed by atoms with Crippen LogP contribution in [0.25, 0.3) is 16.9 Å². The lowest BCUT2D eigenvalue weighted by Crippen LogP contribution is -2.11. The summed E-state index contributed by atoms with van der Waals surface area (Å²) in [5.41, 5.74) is 1.29. The van der Waals surface area contributed by atoms with Gasteiger partial charge >= 0.3 is 0 Å². The van der Waals surface area contributed by atoms with E-state index in [0.717, 1.165) is 6.20 Å². The number of halogens is 3. The molecule has 3 heterocycles. The zero-order valence-corrected chi connectivity index (χ0v) is 14.3. The molecule has 0 bridgehead atoms. The highest BCUT2D eigenvalue weighted by Gasteiger charge is 2.19. The smallest absolute Gasteiger partial charge is 0.271 e. The molecule has 0 saturated heterocycles. The van der Waals surface area contributed by atoms with Gasteiger partial charge in [-0.2, -0.15) is 5.10 Å². The van der Waals surface area contributed by atoms with E-state index in [1.807, 2.05) is 0 Å². The second kappa shape index (κ2) is 6.73. The summed E-state index contributed by atoms with van der Waals surface area (Å²) < 4.78 is 29.8. The number of hydrogen-bond donors (Lipinski definition) is 0. The van der Waals surface area contributed by atoms with Gasteiger partial charge in [-0.15, -0.1) is 0 Å². The van der Waals surface area contributed by atoms with E-state index in [4.69, 9.17) is 11.6 Å². The van der Waals surface area contributed by atoms with Gasteiger partial charge in [-0.3, -0.25) is 14.3 Å². The van der Waals surface area contributed by atoms with Crippen molar-refractivity contribution in [1.82, 2.24) is 24.3 Å². The first kappa shape index (κ1) is 17.0. The van der Waals surface area contributed by atoms with Gasteiger partial charge < -0.3 is 0 Å². The van der Waals surface area contributed by atoms with Gasteiger partial charge in [0.1, 0.15) is 18.0 Å². The highest BCUT2D eigenvalue weighted by molar-refractivity contribution is 6.30. The fourth-order valence-corrected chi connectivity index (χ4v) is 2.74. The van der Waals surface area contributed by atoms with Crippen molar-refractivity contribution in [1.29, 1.82) is 0 Å². The molecule has 9 heteroatoms. The van der Waals surface area contributed by atoms with Crippen LogP contribution >= 0.6 is 11.6 Å². The Labute approximate surface area is 156 Å². The Bertz CT molecular complexity index is 1140. The summed E-state index contributed by atoms with van der Waals surface area (Å²) in [6.07, 6.45) is 6.80. The van der Waals surface area contributed by atoms with Crippen LogP contribution in [-0.4, -0.2) is 30.2 Å². The Morgan fingerprint density at radius 2 is 1.93 bits per heavy atom. The van der Waals surface area contributed by atoms with Crippen LogP contribution in [0, 0.1) is 11.6 Å². The molecule has 1 aromatic carbocycles. The lowest BCUT2D eigenvalue weighted by atomic mass is 10.2. The van der Waals surface area contributed by atoms with E-state index >= 15 is 0 Å². The van der Waals surface area contributed by atoms with Crippen LogP contribution in [0.4, 0.5) is 8.78 Å². The molecule has 27 heavy (non-hydrogen) atoms. The zero-order valence-electron chi connectivity index (χ0n) is 13.6. The van der Waals surface area contributed by atoms with Crippen molar-refractivity contribution < 1.29 is 13.6 Å². The van der Waals surface area contributed by atoms with E-state index in [0.29, 0.717) is 16.9 Å². The fourth-order valence-electron chi connectivity index (χ4n) is 2.57. The molecule has 0 atom stereocenters. The summed E-state index contributed by atoms with van der Waals surface area (Å²) in [7, 11) is 0. The summed E-state index contributed by atoms with van der Waals surface area (Å²) >= 11 is 5.87. The molecule has 0 saturated carbocycles. The molecule has 0 aliphatic carbocycles. The van der Waals surface area contributed by atoms with E-state index in [1.54, 1.807) is 0 Å². The maximum absolute atomic E-state index is 13.7. The van der Waals surface area contributed by atoms with E-state index in [2.05, 4.69) is 15.1 Å². The SMILES string of the molecule is O=C(c1cc(-c2cncc(F)c2)n(-c2ccc(F)c(Cl)c2)n1)n1ccnc1. The quantitative estimate of drug-likeness (QED) is 0.538. The first-order valence-corrected chi connectivity index (χ1v) is 8.10. The van der Waals surface area contributed by atoms with E-state index in [1.165, 1.54) is 64.5 Å². The molecule has 0 aliphatic rings. The number of benzene rings is 1. The van der Waals surface area contributed by atoms with Gasteiger partial charge in [0, 0.05) is 24.2 Å². The molecule has 6 nitrogen and oxygen atoms in total. The second-order valence-electron chi connectivity index (χ2n) is 5.59. The molecule has 0 aliphatic heterocycles. The Balaban J connectivity index is 1.90. The monoisotopic (exact) mass is 385 g/mol. The molecular weight excluding hydrogens is 376 g/mol. The van der Waals surface area contributed by atoms with Gasteiger partial charge in [-0.25, -0.2) is 18.4 Å². The summed E-state index contributed by atoms with van der Waals surface area (Å²) in [6, 6.07) is 6.76. The molecule has 0 amide bonds. The average molecular weight is 386 g/mol. The summed E-state index contributed by atoms with van der Waals surface area (Å²) in [4.78, 5) is 20.3. The van der Waals surface area contributed by atoms with Crippen LogP contribution < -0.4 is 0 Å². The van der Waals surface area contributed by atoms with Gasteiger partial charge in [-0.05, 0) is 30.3 Å². The lowest BCUT2D eigenvalue weighted by molar-refractivity contribution is 0.0954. The van der Waals surface area contributed by atoms with Crippen molar-refractivity contribution in [2.45, 2.75) is 0 Å². The predicted octanol–water partition coefficient (Wildman–Crippen LogP) is 3.75. The van der Waals surface area contributed by atoms with Crippen LogP contribution in [0.3, 0.4) is 0 Å². The molecule has 4 aromatic rings. The number of aromatic nitrogens is 5. The zero-order chi connectivity index (χ0) is 19.0. The standard InChI is InChI=1S/C18H10ClF2N5O/c19-14-6-13(1-2-15(14)21)26-17(11-5-12(20)9-23-8-11)7-16(24-26)18(27)25-4-3-22-10-25/h1-10H. The third-order valence-corrected chi connectivity index (χ3v) is 4.11. The highest BCUT2D eigenvalue weighted by atomic mass is 35.5. The molecule has 0 unspecified atom stereocenters. The van der Waals surface area contributed by atoms with Crippen LogP contribution in [0.15, 0.2) is 61.4 Å². The molecule has 3 aromatic heterocycles. The number of hydrogen-bond acceptors (Lipinski definition) is 4. The largest absolute Gasteiger partial charge is 0.283 e. The van der Waals surface area contributed by atoms with Gasteiger partial charge in [-0.1, -0.05) is 11.6 Å². The van der Waals surface area contributed by atoms with Crippen molar-refractivity contribution in [3.63, 3.8) is 0 Å². The third kappa shape index (κ3) is 3.22. The first-order chi connectivity index (χ1) is 13.0. The molecule has 0 fully saturated rings. The topological polar surface area (TPSA) is 65.6 Å². The van der Waals surface area contributed by atoms with Gasteiger partial charge in [0.05, 0.1) is 22.6 Å². The normalized spacial score (nSPS) is 10.9. The number of pyridine rings is 1. The molecule has 0 spiro atoms. The highest BCUT2D eigenvalue weighted by Crippen LogP contribution is 2.26. The Hall–Kier alpha value is -3.39. The van der Waals surface area contributed by atoms with Crippen LogP contribution in [0.2, 0.25) is 5.02 Å². The summed E-state index contributed by atoms with van der Waals surface area (Å²) in [6.45, 7) is 0. The second-order valence-corrected chi connectivity index (χ2v) is 6.00. The minimum absolute atomic E-state index is 0.0905. The lowest BCUT2D eigenvalue weighted by Gasteiger charge is -2.08. The van der Waals surface area contributed by atoms with Gasteiger partial charge in [0.2, 0.25) is 0 Å². The van der Waals surface area contributed by atoms with Crippen LogP contribution in [-0.2, 0) is 0 Å². The molecule has 0 radical (unpaired) electrons. The van der Waals surface area contributed by atoms with Crippen molar-refractivity contribution in [3.05, 3.63) is 83.8 Å². The fraction of sp³-hybridized carbons (Fsp3) is 0. The average Bonchev–Trinajstić information content (AvgIpc) is 3.33. The summed E-state index contributed by atoms with van der Waals surface area (Å²) in [5.74, 6) is -1.55. The Kier molecular flexibility index (Phi) is 4.25. The van der Waals surface area contributed by atoms with E-state index in [9.17, 15) is 13.6 Å². The Morgan fingerprint density at radius 3 is 2.63 bits per heavy atom. The Morgan fingerprint density at radius 1 is 1.07 bits per heavy atom. The predicted molar refractivity (Wildman–Crippen MR) is 93.7 cm³/mol. The number of rotatable bonds is 3. The van der Waals surface area contributed by atoms with E-state index < -0.39 is 17.5 Å². The molecular formula is C18H10ClF2N5O. The number of nitrogens with zero attached hydrogens (tertiary/aromatic N) is 5. The van der Waals surface area contributed by atoms with E-state index in [-0.39, 0.29) is 10.7 Å². The van der Waals surface area contributed by atoms with Crippen molar-refractivity contribution in [2.24, 2.45) is 0 Å². The van der Waals surface area contributed by atoms with Gasteiger partial charge in [0.25, 0.3) is 5.91 Å². The van der Waals surface area contributed by atoms with Crippen LogP contribution in [0.5, 0.6) is 0 Å². The number of carbonyl (C=O) groups is 1. The van der Waals surface area contributed by atoms with Crippen LogP contribution in [0.1, 0.15) is 10.5 Å². The molecule has 0 N–H and O–H groups in total. The third-order valence-electron chi connectivity index (χ3n) is 3.82. The maximum atomic E-state index is 13.7. The maximum Gasteiger partial charge on any atom is 0.283 e. The minimum Gasteiger partial charge on any atom is -0.271 e. The number of carbonyl (C=O) groups excluding carboxylic acids is 1. The molecule has 4 rings (SSSR count). The van der Waals surface area contributed by atoms with Crippen molar-refractivity contribution >= 4 is 17.5 Å². The van der Waals surface area contributed by atoms with Crippen molar-refractivity contribution in [3.8, 4) is 16.9 Å². The summed E-state index contributed by atoms with van der Waals surface area (Å²) in [5, 5.41) is 4.20. The van der Waals surface area contributed by atoms with Crippen molar-refractivity contribution in [2.75, 3.05) is 0 Å².